The number of benzene rings is 1. The van der Waals surface area contributed by atoms with Gasteiger partial charge in [0.25, 0.3) is 5.91 Å². The highest BCUT2D eigenvalue weighted by molar-refractivity contribution is 6.04. The molecule has 2 rings (SSSR count). The van der Waals surface area contributed by atoms with Crippen molar-refractivity contribution in [3.05, 3.63) is 29.8 Å². The van der Waals surface area contributed by atoms with Crippen LogP contribution < -0.4 is 16.4 Å². The molecule has 1 aromatic carbocycles. The highest BCUT2D eigenvalue weighted by atomic mass is 16.2. The maximum atomic E-state index is 12.6. The van der Waals surface area contributed by atoms with E-state index in [0.717, 1.165) is 25.9 Å². The zero-order valence-electron chi connectivity index (χ0n) is 14.4. The van der Waals surface area contributed by atoms with Gasteiger partial charge in [0.15, 0.2) is 0 Å². The molecule has 0 aliphatic carbocycles. The molecule has 6 nitrogen and oxygen atoms in total. The Bertz CT molecular complexity index is 554. The maximum absolute atomic E-state index is 12.6. The quantitative estimate of drug-likeness (QED) is 0.738. The van der Waals surface area contributed by atoms with Crippen molar-refractivity contribution in [3.8, 4) is 0 Å². The average molecular weight is 332 g/mol. The number of hydrogen-bond donors (Lipinski definition) is 3. The summed E-state index contributed by atoms with van der Waals surface area (Å²) in [6.07, 6.45) is 4.73. The molecule has 0 saturated carbocycles. The average Bonchev–Trinajstić information content (AvgIpc) is 2.88. The Labute approximate surface area is 143 Å². The summed E-state index contributed by atoms with van der Waals surface area (Å²) in [5.74, 6) is -0.297. The van der Waals surface area contributed by atoms with E-state index in [1.165, 1.54) is 12.8 Å². The number of rotatable bonds is 6. The number of nitrogens with two attached hydrogens (primary N) is 1. The number of nitrogens with one attached hydrogen (secondary N) is 2. The molecule has 4 N–H and O–H groups in total. The molecule has 132 valence electrons. The minimum Gasteiger partial charge on any atom is -0.351 e. The largest absolute Gasteiger partial charge is 0.351 e. The predicted octanol–water partition coefficient (Wildman–Crippen LogP) is 1.58. The summed E-state index contributed by atoms with van der Waals surface area (Å²) in [4.78, 5) is 27.0. The van der Waals surface area contributed by atoms with E-state index >= 15 is 0 Å². The fourth-order valence-electron chi connectivity index (χ4n) is 2.96. The van der Waals surface area contributed by atoms with E-state index in [-0.39, 0.29) is 17.9 Å². The predicted molar refractivity (Wildman–Crippen MR) is 96.0 cm³/mol. The third-order valence-electron chi connectivity index (χ3n) is 4.43. The molecule has 0 bridgehead atoms. The van der Waals surface area contributed by atoms with Crippen LogP contribution in [0.3, 0.4) is 0 Å². The fraction of sp³-hybridized carbons (Fsp3) is 0.556. The highest BCUT2D eigenvalue weighted by Crippen LogP contribution is 2.17. The lowest BCUT2D eigenvalue weighted by molar-refractivity contribution is -0.120. The molecular formula is C18H28N4O2. The lowest BCUT2D eigenvalue weighted by Crippen LogP contribution is -2.42. The van der Waals surface area contributed by atoms with Crippen molar-refractivity contribution in [2.24, 2.45) is 5.73 Å². The molecule has 2 amide bonds. The van der Waals surface area contributed by atoms with Gasteiger partial charge in [-0.05, 0) is 45.0 Å². The first kappa shape index (κ1) is 18.4. The molecule has 1 fully saturated rings. The number of amides is 2. The summed E-state index contributed by atoms with van der Waals surface area (Å²) >= 11 is 0. The maximum Gasteiger partial charge on any atom is 0.253 e. The zero-order chi connectivity index (χ0) is 17.4. The van der Waals surface area contributed by atoms with Crippen molar-refractivity contribution in [3.63, 3.8) is 0 Å². The van der Waals surface area contributed by atoms with Crippen molar-refractivity contribution >= 4 is 17.5 Å². The van der Waals surface area contributed by atoms with Crippen LogP contribution in [-0.4, -0.2) is 48.9 Å². The van der Waals surface area contributed by atoms with Crippen LogP contribution in [0.25, 0.3) is 0 Å². The molecule has 1 aliphatic heterocycles. The van der Waals surface area contributed by atoms with Crippen LogP contribution in [-0.2, 0) is 4.79 Å². The Morgan fingerprint density at radius 3 is 2.50 bits per heavy atom. The monoisotopic (exact) mass is 332 g/mol. The summed E-state index contributed by atoms with van der Waals surface area (Å²) in [6.45, 7) is 4.62. The summed E-state index contributed by atoms with van der Waals surface area (Å²) in [7, 11) is 0. The van der Waals surface area contributed by atoms with Crippen LogP contribution in [0.1, 0.15) is 43.0 Å². The third kappa shape index (κ3) is 5.04. The molecule has 24 heavy (non-hydrogen) atoms. The number of carbonyl (C=O) groups is 2. The SMILES string of the molecule is CC(C(=O)Nc1ccccc1C(=O)NCCN)N1CCCCCC1. The van der Waals surface area contributed by atoms with Gasteiger partial charge in [0.1, 0.15) is 0 Å². The van der Waals surface area contributed by atoms with Crippen molar-refractivity contribution in [1.29, 1.82) is 0 Å². The second kappa shape index (κ2) is 9.39. The van der Waals surface area contributed by atoms with E-state index in [0.29, 0.717) is 24.3 Å². The molecule has 1 heterocycles. The number of carbonyl (C=O) groups excluding carboxylic acids is 2. The van der Waals surface area contributed by atoms with Crippen LogP contribution in [0.15, 0.2) is 24.3 Å². The van der Waals surface area contributed by atoms with Crippen molar-refractivity contribution < 1.29 is 9.59 Å². The Hall–Kier alpha value is -1.92. The van der Waals surface area contributed by atoms with E-state index < -0.39 is 0 Å². The topological polar surface area (TPSA) is 87.5 Å². The van der Waals surface area contributed by atoms with Crippen LogP contribution in [0.5, 0.6) is 0 Å². The molecule has 1 atom stereocenters. The summed E-state index contributed by atoms with van der Waals surface area (Å²) < 4.78 is 0. The first-order valence-electron chi connectivity index (χ1n) is 8.75. The second-order valence-corrected chi connectivity index (χ2v) is 6.21. The standard InChI is InChI=1S/C18H28N4O2/c1-14(22-12-6-2-3-7-13-22)17(23)21-16-9-5-4-8-15(16)18(24)20-11-10-19/h4-5,8-9,14H,2-3,6-7,10-13,19H2,1H3,(H,20,24)(H,21,23). The molecule has 1 unspecified atom stereocenters. The van der Waals surface area contributed by atoms with Gasteiger partial charge in [0.05, 0.1) is 17.3 Å². The first-order valence-corrected chi connectivity index (χ1v) is 8.75. The number of anilines is 1. The minimum atomic E-state index is -0.223. The lowest BCUT2D eigenvalue weighted by atomic mass is 10.1. The van der Waals surface area contributed by atoms with Crippen LogP contribution in [0.2, 0.25) is 0 Å². The smallest absolute Gasteiger partial charge is 0.253 e. The van der Waals surface area contributed by atoms with Crippen molar-refractivity contribution in [2.75, 3.05) is 31.5 Å². The number of para-hydroxylation sites is 1. The summed E-state index contributed by atoms with van der Waals surface area (Å²) in [5, 5.41) is 5.65. The Morgan fingerprint density at radius 1 is 1.17 bits per heavy atom. The Kier molecular flexibility index (Phi) is 7.21. The molecule has 0 spiro atoms. The molecule has 0 radical (unpaired) electrons. The van der Waals surface area contributed by atoms with Gasteiger partial charge >= 0.3 is 0 Å². The van der Waals surface area contributed by atoms with E-state index in [4.69, 9.17) is 5.73 Å². The van der Waals surface area contributed by atoms with Crippen molar-refractivity contribution in [1.82, 2.24) is 10.2 Å². The Balaban J connectivity index is 2.04. The second-order valence-electron chi connectivity index (χ2n) is 6.21. The van der Waals surface area contributed by atoms with Gasteiger partial charge < -0.3 is 16.4 Å². The number of hydrogen-bond acceptors (Lipinski definition) is 4. The Morgan fingerprint density at radius 2 is 1.83 bits per heavy atom. The summed E-state index contributed by atoms with van der Waals surface area (Å²) in [5.41, 5.74) is 6.42. The van der Waals surface area contributed by atoms with Crippen LogP contribution in [0, 0.1) is 0 Å². The van der Waals surface area contributed by atoms with Gasteiger partial charge in [0, 0.05) is 13.1 Å². The van der Waals surface area contributed by atoms with Gasteiger partial charge in [-0.25, -0.2) is 0 Å². The van der Waals surface area contributed by atoms with E-state index in [9.17, 15) is 9.59 Å². The molecular weight excluding hydrogens is 304 g/mol. The van der Waals surface area contributed by atoms with E-state index in [1.54, 1.807) is 18.2 Å². The van der Waals surface area contributed by atoms with Gasteiger partial charge in [-0.3, -0.25) is 14.5 Å². The van der Waals surface area contributed by atoms with Gasteiger partial charge in [-0.1, -0.05) is 25.0 Å². The van der Waals surface area contributed by atoms with E-state index in [1.807, 2.05) is 13.0 Å². The molecule has 1 aliphatic rings. The third-order valence-corrected chi connectivity index (χ3v) is 4.43. The van der Waals surface area contributed by atoms with E-state index in [2.05, 4.69) is 15.5 Å². The number of likely N-dealkylation sites (tertiary alicyclic amines) is 1. The van der Waals surface area contributed by atoms with Crippen molar-refractivity contribution in [2.45, 2.75) is 38.6 Å². The first-order chi connectivity index (χ1) is 11.6. The molecule has 1 saturated heterocycles. The van der Waals surface area contributed by atoms with Gasteiger partial charge in [-0.2, -0.15) is 0 Å². The van der Waals surface area contributed by atoms with Gasteiger partial charge in [0.2, 0.25) is 5.91 Å². The van der Waals surface area contributed by atoms with Crippen LogP contribution >= 0.6 is 0 Å². The normalized spacial score (nSPS) is 16.9. The lowest BCUT2D eigenvalue weighted by Gasteiger charge is -2.26. The summed E-state index contributed by atoms with van der Waals surface area (Å²) in [6, 6.07) is 6.85. The molecule has 1 aromatic rings. The zero-order valence-corrected chi connectivity index (χ0v) is 14.4. The minimum absolute atomic E-state index is 0.0732. The van der Waals surface area contributed by atoms with Crippen LogP contribution in [0.4, 0.5) is 5.69 Å². The molecule has 6 heteroatoms. The number of nitrogens with zero attached hydrogens (tertiary/aromatic N) is 1. The highest BCUT2D eigenvalue weighted by Gasteiger charge is 2.23. The fourth-order valence-corrected chi connectivity index (χ4v) is 2.96. The molecule has 0 aromatic heterocycles. The van der Waals surface area contributed by atoms with Gasteiger partial charge in [-0.15, -0.1) is 0 Å².